The lowest BCUT2D eigenvalue weighted by atomic mass is 10.2. The van der Waals surface area contributed by atoms with Gasteiger partial charge in [-0.15, -0.1) is 0 Å². The van der Waals surface area contributed by atoms with Gasteiger partial charge in [-0.25, -0.2) is 0 Å². The van der Waals surface area contributed by atoms with Gasteiger partial charge in [-0.2, -0.15) is 14.9 Å². The Hall–Kier alpha value is -2.44. The van der Waals surface area contributed by atoms with Gasteiger partial charge in [0, 0.05) is 17.0 Å². The molecule has 2 aromatic carbocycles. The number of H-pyrrole nitrogens is 1. The molecule has 0 bridgehead atoms. The number of rotatable bonds is 6. The first-order valence-corrected chi connectivity index (χ1v) is 8.63. The first-order chi connectivity index (χ1) is 12.2. The molecule has 0 spiro atoms. The Morgan fingerprint density at radius 2 is 2.12 bits per heavy atom. The van der Waals surface area contributed by atoms with E-state index in [1.54, 1.807) is 10.9 Å². The molecule has 1 heterocycles. The van der Waals surface area contributed by atoms with Crippen molar-refractivity contribution in [1.29, 1.82) is 0 Å². The number of halogens is 1. The molecule has 0 saturated carbocycles. The predicted octanol–water partition coefficient (Wildman–Crippen LogP) is 4.62. The summed E-state index contributed by atoms with van der Waals surface area (Å²) in [6, 6.07) is 15.3. The van der Waals surface area contributed by atoms with Crippen molar-refractivity contribution in [2.45, 2.75) is 20.0 Å². The van der Waals surface area contributed by atoms with Crippen LogP contribution in [0.2, 0.25) is 5.02 Å². The summed E-state index contributed by atoms with van der Waals surface area (Å²) in [7, 11) is 0. The molecule has 3 aromatic rings. The van der Waals surface area contributed by atoms with Gasteiger partial charge in [0.15, 0.2) is 5.82 Å². The molecule has 25 heavy (non-hydrogen) atoms. The second kappa shape index (κ2) is 8.09. The summed E-state index contributed by atoms with van der Waals surface area (Å²) in [5.74, 6) is 1.51. The third kappa shape index (κ3) is 4.35. The standard InChI is InChI=1S/C18H17ClN4OS/c1-2-17-21-22-18(25)23(17)20-11-14-7-3-4-9-16(14)24-12-13-6-5-8-15(19)10-13/h3-11H,2,12H2,1H3,(H,22,25)/b20-11+. The number of ether oxygens (including phenoxy) is 1. The Bertz CT molecular complexity index is 948. The van der Waals surface area contributed by atoms with E-state index < -0.39 is 0 Å². The molecular formula is C18H17ClN4OS. The van der Waals surface area contributed by atoms with Crippen LogP contribution in [0.4, 0.5) is 0 Å². The van der Waals surface area contributed by atoms with Crippen molar-refractivity contribution in [3.63, 3.8) is 0 Å². The quantitative estimate of drug-likeness (QED) is 0.507. The molecule has 0 amide bonds. The molecule has 1 N–H and O–H groups in total. The van der Waals surface area contributed by atoms with Crippen LogP contribution in [0.25, 0.3) is 0 Å². The summed E-state index contributed by atoms with van der Waals surface area (Å²) in [6.07, 6.45) is 2.45. The van der Waals surface area contributed by atoms with E-state index in [-0.39, 0.29) is 0 Å². The molecule has 0 radical (unpaired) electrons. The fraction of sp³-hybridized carbons (Fsp3) is 0.167. The van der Waals surface area contributed by atoms with Gasteiger partial charge in [0.2, 0.25) is 4.77 Å². The van der Waals surface area contributed by atoms with Crippen molar-refractivity contribution in [3.05, 3.63) is 75.3 Å². The number of nitrogens with one attached hydrogen (secondary N) is 1. The maximum Gasteiger partial charge on any atom is 0.216 e. The monoisotopic (exact) mass is 372 g/mol. The van der Waals surface area contributed by atoms with Crippen LogP contribution in [0.15, 0.2) is 53.6 Å². The summed E-state index contributed by atoms with van der Waals surface area (Å²) in [4.78, 5) is 0. The number of aryl methyl sites for hydroxylation is 1. The first-order valence-electron chi connectivity index (χ1n) is 7.84. The molecule has 0 aliphatic heterocycles. The average Bonchev–Trinajstić information content (AvgIpc) is 2.99. The second-order valence-electron chi connectivity index (χ2n) is 5.31. The molecule has 5 nitrogen and oxygen atoms in total. The lowest BCUT2D eigenvalue weighted by molar-refractivity contribution is 0.306. The Balaban J connectivity index is 1.80. The zero-order valence-corrected chi connectivity index (χ0v) is 15.2. The van der Waals surface area contributed by atoms with Crippen LogP contribution in [0, 0.1) is 4.77 Å². The predicted molar refractivity (Wildman–Crippen MR) is 102 cm³/mol. The van der Waals surface area contributed by atoms with Gasteiger partial charge in [-0.3, -0.25) is 5.10 Å². The van der Waals surface area contributed by atoms with E-state index in [9.17, 15) is 0 Å². The summed E-state index contributed by atoms with van der Waals surface area (Å²) >= 11 is 11.2. The topological polar surface area (TPSA) is 55.2 Å². The number of hydrogen-bond donors (Lipinski definition) is 1. The summed E-state index contributed by atoms with van der Waals surface area (Å²) < 4.78 is 8.00. The zero-order chi connectivity index (χ0) is 17.6. The van der Waals surface area contributed by atoms with E-state index in [4.69, 9.17) is 28.6 Å². The highest BCUT2D eigenvalue weighted by molar-refractivity contribution is 7.71. The van der Waals surface area contributed by atoms with Crippen molar-refractivity contribution in [1.82, 2.24) is 14.9 Å². The van der Waals surface area contributed by atoms with Crippen molar-refractivity contribution in [3.8, 4) is 5.75 Å². The molecule has 0 atom stereocenters. The smallest absolute Gasteiger partial charge is 0.216 e. The highest BCUT2D eigenvalue weighted by atomic mass is 35.5. The van der Waals surface area contributed by atoms with E-state index in [1.165, 1.54) is 0 Å². The average molecular weight is 373 g/mol. The van der Waals surface area contributed by atoms with Crippen molar-refractivity contribution in [2.75, 3.05) is 0 Å². The molecule has 0 aliphatic rings. The third-order valence-electron chi connectivity index (χ3n) is 3.55. The van der Waals surface area contributed by atoms with Gasteiger partial charge >= 0.3 is 0 Å². The van der Waals surface area contributed by atoms with E-state index in [0.29, 0.717) is 16.4 Å². The fourth-order valence-electron chi connectivity index (χ4n) is 2.30. The molecule has 0 fully saturated rings. The maximum atomic E-state index is 6.01. The number of nitrogens with zero attached hydrogens (tertiary/aromatic N) is 3. The van der Waals surface area contributed by atoms with Crippen LogP contribution in [0.1, 0.15) is 23.9 Å². The van der Waals surface area contributed by atoms with E-state index in [1.807, 2.05) is 55.5 Å². The highest BCUT2D eigenvalue weighted by Gasteiger charge is 2.04. The van der Waals surface area contributed by atoms with Crippen molar-refractivity contribution < 1.29 is 4.74 Å². The Morgan fingerprint density at radius 1 is 1.28 bits per heavy atom. The maximum absolute atomic E-state index is 6.01. The van der Waals surface area contributed by atoms with Crippen molar-refractivity contribution >= 4 is 30.0 Å². The zero-order valence-electron chi connectivity index (χ0n) is 13.6. The number of aromatic nitrogens is 3. The Morgan fingerprint density at radius 3 is 2.92 bits per heavy atom. The first kappa shape index (κ1) is 17.4. The molecule has 3 rings (SSSR count). The Kier molecular flexibility index (Phi) is 5.63. The number of para-hydroxylation sites is 1. The summed E-state index contributed by atoms with van der Waals surface area (Å²) in [6.45, 7) is 2.43. The molecule has 0 unspecified atom stereocenters. The van der Waals surface area contributed by atoms with Gasteiger partial charge in [0.1, 0.15) is 12.4 Å². The highest BCUT2D eigenvalue weighted by Crippen LogP contribution is 2.19. The van der Waals surface area contributed by atoms with E-state index in [2.05, 4.69) is 15.3 Å². The molecule has 128 valence electrons. The Labute approximate surface area is 155 Å². The van der Waals surface area contributed by atoms with Gasteiger partial charge in [0.25, 0.3) is 0 Å². The van der Waals surface area contributed by atoms with Gasteiger partial charge in [-0.05, 0) is 42.0 Å². The normalized spacial score (nSPS) is 11.1. The van der Waals surface area contributed by atoms with E-state index >= 15 is 0 Å². The van der Waals surface area contributed by atoms with Crippen LogP contribution in [0.3, 0.4) is 0 Å². The number of benzene rings is 2. The van der Waals surface area contributed by atoms with Crippen LogP contribution >= 0.6 is 23.8 Å². The summed E-state index contributed by atoms with van der Waals surface area (Å²) in [5, 5.41) is 12.0. The fourth-order valence-corrected chi connectivity index (χ4v) is 2.71. The molecule has 1 aromatic heterocycles. The van der Waals surface area contributed by atoms with Gasteiger partial charge < -0.3 is 4.74 Å². The van der Waals surface area contributed by atoms with Crippen LogP contribution in [-0.2, 0) is 13.0 Å². The third-order valence-corrected chi connectivity index (χ3v) is 4.05. The van der Waals surface area contributed by atoms with Gasteiger partial charge in [-0.1, -0.05) is 42.8 Å². The lowest BCUT2D eigenvalue weighted by Gasteiger charge is -2.09. The van der Waals surface area contributed by atoms with Crippen LogP contribution < -0.4 is 4.74 Å². The minimum Gasteiger partial charge on any atom is -0.488 e. The van der Waals surface area contributed by atoms with Gasteiger partial charge in [0.05, 0.1) is 6.21 Å². The number of hydrogen-bond acceptors (Lipinski definition) is 4. The van der Waals surface area contributed by atoms with Crippen LogP contribution in [-0.4, -0.2) is 21.1 Å². The molecule has 7 heteroatoms. The minimum atomic E-state index is 0.427. The largest absolute Gasteiger partial charge is 0.488 e. The second-order valence-corrected chi connectivity index (χ2v) is 6.13. The number of aromatic amines is 1. The minimum absolute atomic E-state index is 0.427. The summed E-state index contributed by atoms with van der Waals surface area (Å²) in [5.41, 5.74) is 1.86. The SMILES string of the molecule is CCc1n[nH]c(=S)n1/N=C/c1ccccc1OCc1cccc(Cl)c1. The van der Waals surface area contributed by atoms with E-state index in [0.717, 1.165) is 29.1 Å². The lowest BCUT2D eigenvalue weighted by Crippen LogP contribution is -2.00. The van der Waals surface area contributed by atoms with Crippen LogP contribution in [0.5, 0.6) is 5.75 Å². The molecule has 0 saturated heterocycles. The molecule has 0 aliphatic carbocycles. The van der Waals surface area contributed by atoms with Crippen molar-refractivity contribution in [2.24, 2.45) is 5.10 Å². The molecular weight excluding hydrogens is 356 g/mol.